The lowest BCUT2D eigenvalue weighted by molar-refractivity contribution is -0.133. The molecule has 1 aliphatic rings. The fourth-order valence-corrected chi connectivity index (χ4v) is 3.63. The average Bonchev–Trinajstić information content (AvgIpc) is 3.24. The summed E-state index contributed by atoms with van der Waals surface area (Å²) in [4.78, 5) is 19.7. The third-order valence-corrected chi connectivity index (χ3v) is 4.99. The molecule has 1 unspecified atom stereocenters. The monoisotopic (exact) mass is 370 g/mol. The number of thiophene rings is 1. The summed E-state index contributed by atoms with van der Waals surface area (Å²) in [5.74, 6) is 1.88. The zero-order chi connectivity index (χ0) is 16.1. The maximum Gasteiger partial charge on any atom is 0.227 e. The lowest BCUT2D eigenvalue weighted by Crippen LogP contribution is -2.42. The third kappa shape index (κ3) is 4.78. The minimum atomic E-state index is 0. The normalized spacial score (nSPS) is 17.5. The number of nitrogens with zero attached hydrogens (tertiary/aromatic N) is 3. The van der Waals surface area contributed by atoms with E-state index >= 15 is 0 Å². The van der Waals surface area contributed by atoms with Gasteiger partial charge in [-0.25, -0.2) is 0 Å². The van der Waals surface area contributed by atoms with Crippen molar-refractivity contribution in [2.75, 3.05) is 26.7 Å². The van der Waals surface area contributed by atoms with E-state index in [1.54, 1.807) is 11.3 Å². The maximum atomic E-state index is 12.4. The van der Waals surface area contributed by atoms with Crippen LogP contribution >= 0.6 is 23.7 Å². The zero-order valence-corrected chi connectivity index (χ0v) is 15.4. The quantitative estimate of drug-likeness (QED) is 0.846. The highest BCUT2D eigenvalue weighted by Crippen LogP contribution is 2.22. The summed E-state index contributed by atoms with van der Waals surface area (Å²) in [5.41, 5.74) is 0. The molecule has 6 nitrogen and oxygen atoms in total. The molecular formula is C16H23ClN4O2S. The molecule has 0 spiro atoms. The lowest BCUT2D eigenvalue weighted by Gasteiger charge is -2.32. The van der Waals surface area contributed by atoms with E-state index < -0.39 is 0 Å². The highest BCUT2D eigenvalue weighted by molar-refractivity contribution is 7.13. The van der Waals surface area contributed by atoms with Crippen molar-refractivity contribution in [1.82, 2.24) is 20.4 Å². The molecular weight excluding hydrogens is 348 g/mol. The third-order valence-electron chi connectivity index (χ3n) is 4.13. The second-order valence-electron chi connectivity index (χ2n) is 5.89. The van der Waals surface area contributed by atoms with Crippen LogP contribution in [0.25, 0.3) is 10.7 Å². The SMILES string of the molecule is CNCC1CCCN(C(=O)CCc2nc(-c3cccs3)no2)C1.Cl. The maximum absolute atomic E-state index is 12.4. The van der Waals surface area contributed by atoms with E-state index in [4.69, 9.17) is 4.52 Å². The van der Waals surface area contributed by atoms with Gasteiger partial charge in [-0.3, -0.25) is 4.79 Å². The molecule has 1 amide bonds. The Bertz CT molecular complexity index is 630. The number of halogens is 1. The number of hydrogen-bond acceptors (Lipinski definition) is 6. The number of aromatic nitrogens is 2. The van der Waals surface area contributed by atoms with Crippen molar-refractivity contribution in [2.45, 2.75) is 25.7 Å². The van der Waals surface area contributed by atoms with Crippen molar-refractivity contribution < 1.29 is 9.32 Å². The van der Waals surface area contributed by atoms with E-state index in [1.807, 2.05) is 29.5 Å². The summed E-state index contributed by atoms with van der Waals surface area (Å²) in [6, 6.07) is 3.91. The first-order valence-electron chi connectivity index (χ1n) is 8.05. The summed E-state index contributed by atoms with van der Waals surface area (Å²) in [6.45, 7) is 2.69. The molecule has 1 aliphatic heterocycles. The minimum absolute atomic E-state index is 0. The topological polar surface area (TPSA) is 71.3 Å². The molecule has 132 valence electrons. The molecule has 0 aliphatic carbocycles. The second kappa shape index (κ2) is 9.15. The molecule has 1 N–H and O–H groups in total. The molecule has 0 radical (unpaired) electrons. The summed E-state index contributed by atoms with van der Waals surface area (Å²) >= 11 is 1.58. The summed E-state index contributed by atoms with van der Waals surface area (Å²) in [5, 5.41) is 9.16. The number of carbonyl (C=O) groups excluding carboxylic acids is 1. The van der Waals surface area contributed by atoms with Gasteiger partial charge in [-0.15, -0.1) is 23.7 Å². The number of rotatable bonds is 6. The molecule has 3 rings (SSSR count). The lowest BCUT2D eigenvalue weighted by atomic mass is 9.97. The number of amides is 1. The van der Waals surface area contributed by atoms with Crippen molar-refractivity contribution in [1.29, 1.82) is 0 Å². The van der Waals surface area contributed by atoms with E-state index in [0.717, 1.165) is 30.9 Å². The standard InChI is InChI=1S/C16H22N4O2S.ClH/c1-17-10-12-4-2-8-20(11-12)15(21)7-6-14-18-16(19-22-14)13-5-3-9-23-13;/h3,5,9,12,17H,2,4,6-8,10-11H2,1H3;1H. The second-order valence-corrected chi connectivity index (χ2v) is 6.84. The fraction of sp³-hybridized carbons (Fsp3) is 0.562. The summed E-state index contributed by atoms with van der Waals surface area (Å²) in [6.07, 6.45) is 3.21. The zero-order valence-electron chi connectivity index (χ0n) is 13.7. The van der Waals surface area contributed by atoms with Crippen LogP contribution < -0.4 is 5.32 Å². The number of hydrogen-bond donors (Lipinski definition) is 1. The Kier molecular flexibility index (Phi) is 7.20. The fourth-order valence-electron chi connectivity index (χ4n) is 2.98. The van der Waals surface area contributed by atoms with Crippen molar-refractivity contribution in [3.8, 4) is 10.7 Å². The van der Waals surface area contributed by atoms with Gasteiger partial charge in [0.05, 0.1) is 4.88 Å². The average molecular weight is 371 g/mol. The summed E-state index contributed by atoms with van der Waals surface area (Å²) < 4.78 is 5.25. The van der Waals surface area contributed by atoms with E-state index in [9.17, 15) is 4.79 Å². The van der Waals surface area contributed by atoms with Crippen LogP contribution in [-0.2, 0) is 11.2 Å². The first kappa shape index (κ1) is 18.9. The van der Waals surface area contributed by atoms with E-state index in [2.05, 4.69) is 15.5 Å². The Morgan fingerprint density at radius 3 is 3.17 bits per heavy atom. The molecule has 24 heavy (non-hydrogen) atoms. The number of nitrogens with one attached hydrogen (secondary N) is 1. The van der Waals surface area contributed by atoms with Crippen molar-refractivity contribution in [3.05, 3.63) is 23.4 Å². The van der Waals surface area contributed by atoms with Crippen LogP contribution in [0, 0.1) is 5.92 Å². The van der Waals surface area contributed by atoms with Crippen LogP contribution in [0.1, 0.15) is 25.2 Å². The van der Waals surface area contributed by atoms with E-state index in [-0.39, 0.29) is 18.3 Å². The molecule has 2 aromatic heterocycles. The van der Waals surface area contributed by atoms with Gasteiger partial charge in [0.15, 0.2) is 0 Å². The minimum Gasteiger partial charge on any atom is -0.342 e. The van der Waals surface area contributed by atoms with E-state index in [1.165, 1.54) is 6.42 Å². The van der Waals surface area contributed by atoms with Gasteiger partial charge >= 0.3 is 0 Å². The van der Waals surface area contributed by atoms with Gasteiger partial charge in [-0.1, -0.05) is 11.2 Å². The van der Waals surface area contributed by atoms with Gasteiger partial charge in [-0.2, -0.15) is 4.98 Å². The molecule has 8 heteroatoms. The highest BCUT2D eigenvalue weighted by Gasteiger charge is 2.23. The Balaban J connectivity index is 0.00000208. The van der Waals surface area contributed by atoms with Crippen LogP contribution in [0.2, 0.25) is 0 Å². The first-order chi connectivity index (χ1) is 11.3. The largest absolute Gasteiger partial charge is 0.342 e. The van der Waals surface area contributed by atoms with Gasteiger partial charge in [-0.05, 0) is 43.8 Å². The molecule has 1 atom stereocenters. The molecule has 2 aromatic rings. The van der Waals surface area contributed by atoms with Crippen LogP contribution in [0.4, 0.5) is 0 Å². The predicted octanol–water partition coefficient (Wildman–Crippen LogP) is 2.61. The Morgan fingerprint density at radius 1 is 1.54 bits per heavy atom. The highest BCUT2D eigenvalue weighted by atomic mass is 35.5. The van der Waals surface area contributed by atoms with Crippen molar-refractivity contribution >= 4 is 29.7 Å². The smallest absolute Gasteiger partial charge is 0.227 e. The van der Waals surface area contributed by atoms with Gasteiger partial charge in [0, 0.05) is 25.9 Å². The van der Waals surface area contributed by atoms with E-state index in [0.29, 0.717) is 30.5 Å². The molecule has 3 heterocycles. The van der Waals surface area contributed by atoms with Crippen LogP contribution in [-0.4, -0.2) is 47.6 Å². The molecule has 1 fully saturated rings. The van der Waals surface area contributed by atoms with Crippen molar-refractivity contribution in [2.24, 2.45) is 5.92 Å². The number of likely N-dealkylation sites (tertiary alicyclic amines) is 1. The van der Waals surface area contributed by atoms with Gasteiger partial charge < -0.3 is 14.7 Å². The van der Waals surface area contributed by atoms with Crippen LogP contribution in [0.3, 0.4) is 0 Å². The Labute approximate surface area is 152 Å². The molecule has 1 saturated heterocycles. The van der Waals surface area contributed by atoms with Gasteiger partial charge in [0.1, 0.15) is 0 Å². The Hall–Kier alpha value is -1.44. The Morgan fingerprint density at radius 2 is 2.42 bits per heavy atom. The summed E-state index contributed by atoms with van der Waals surface area (Å²) in [7, 11) is 1.96. The predicted molar refractivity (Wildman–Crippen MR) is 96.4 cm³/mol. The molecule has 0 aromatic carbocycles. The first-order valence-corrected chi connectivity index (χ1v) is 8.93. The number of aryl methyl sites for hydroxylation is 1. The van der Waals surface area contributed by atoms with Gasteiger partial charge in [0.2, 0.25) is 17.6 Å². The number of carbonyl (C=O) groups is 1. The van der Waals surface area contributed by atoms with Gasteiger partial charge in [0.25, 0.3) is 0 Å². The van der Waals surface area contributed by atoms with Crippen LogP contribution in [0.15, 0.2) is 22.0 Å². The molecule has 0 saturated carbocycles. The molecule has 0 bridgehead atoms. The number of piperidine rings is 1. The van der Waals surface area contributed by atoms with Crippen LogP contribution in [0.5, 0.6) is 0 Å². The van der Waals surface area contributed by atoms with Crippen molar-refractivity contribution in [3.63, 3.8) is 0 Å².